The van der Waals surface area contributed by atoms with Crippen LogP contribution in [0, 0.1) is 25.2 Å². The number of carbonyl (C=O) groups is 1. The molecule has 31 heavy (non-hydrogen) atoms. The highest BCUT2D eigenvalue weighted by molar-refractivity contribution is 5.76. The number of piperidine rings is 1. The lowest BCUT2D eigenvalue weighted by molar-refractivity contribution is -0.122. The van der Waals surface area contributed by atoms with Crippen LogP contribution in [0.25, 0.3) is 0 Å². The summed E-state index contributed by atoms with van der Waals surface area (Å²) in [7, 11) is 1.68. The molecule has 1 amide bonds. The average molecular weight is 423 g/mol. The minimum Gasteiger partial charge on any atom is -0.497 e. The molecule has 1 aromatic carbocycles. The van der Waals surface area contributed by atoms with Crippen LogP contribution in [0.4, 0.5) is 0 Å². The Morgan fingerprint density at radius 1 is 1.32 bits per heavy atom. The maximum atomic E-state index is 12.5. The van der Waals surface area contributed by atoms with E-state index in [-0.39, 0.29) is 23.1 Å². The van der Waals surface area contributed by atoms with E-state index < -0.39 is 0 Å². The highest BCUT2D eigenvalue weighted by Gasteiger charge is 2.21. The van der Waals surface area contributed by atoms with Crippen molar-refractivity contribution in [1.82, 2.24) is 15.2 Å². The van der Waals surface area contributed by atoms with Gasteiger partial charge in [-0.15, -0.1) is 0 Å². The Morgan fingerprint density at radius 3 is 2.74 bits per heavy atom. The van der Waals surface area contributed by atoms with Gasteiger partial charge in [0.05, 0.1) is 7.11 Å². The molecule has 1 aromatic heterocycles. The maximum absolute atomic E-state index is 12.5. The zero-order valence-corrected chi connectivity index (χ0v) is 18.5. The molecule has 2 N–H and O–H groups in total. The fourth-order valence-corrected chi connectivity index (χ4v) is 4.22. The van der Waals surface area contributed by atoms with E-state index in [0.29, 0.717) is 18.4 Å². The van der Waals surface area contributed by atoms with Gasteiger partial charge in [-0.2, -0.15) is 5.26 Å². The summed E-state index contributed by atoms with van der Waals surface area (Å²) >= 11 is 0. The molecule has 0 unspecified atom stereocenters. The monoisotopic (exact) mass is 422 g/mol. The highest BCUT2D eigenvalue weighted by atomic mass is 16.5. The second-order valence-corrected chi connectivity index (χ2v) is 8.14. The molecule has 1 aliphatic rings. The van der Waals surface area contributed by atoms with Gasteiger partial charge in [0.25, 0.3) is 5.56 Å². The van der Waals surface area contributed by atoms with E-state index in [1.165, 1.54) is 5.56 Å². The van der Waals surface area contributed by atoms with E-state index in [1.54, 1.807) is 21.0 Å². The third kappa shape index (κ3) is 5.74. The van der Waals surface area contributed by atoms with Gasteiger partial charge in [-0.3, -0.25) is 14.5 Å². The molecule has 1 saturated heterocycles. The van der Waals surface area contributed by atoms with Gasteiger partial charge in [0.1, 0.15) is 17.4 Å². The minimum atomic E-state index is -0.369. The van der Waals surface area contributed by atoms with E-state index in [4.69, 9.17) is 4.74 Å². The lowest BCUT2D eigenvalue weighted by atomic mass is 9.98. The molecule has 1 aliphatic heterocycles. The molecule has 0 aliphatic carbocycles. The summed E-state index contributed by atoms with van der Waals surface area (Å²) < 4.78 is 5.29. The van der Waals surface area contributed by atoms with Crippen molar-refractivity contribution < 1.29 is 9.53 Å². The fraction of sp³-hybridized carbons (Fsp3) is 0.458. The number of aromatic nitrogens is 1. The molecule has 7 nitrogen and oxygen atoms in total. The van der Waals surface area contributed by atoms with Gasteiger partial charge in [0.2, 0.25) is 5.91 Å². The standard InChI is InChI=1S/C24H30N4O3/c1-16-21(17(2)26-24(30)22(16)14-25)7-8-23(29)27-19-9-11-28(12-10-19)15-18-5-4-6-20(13-18)31-3/h4-6,13,19H,7-12,15H2,1-3H3,(H,26,30)(H,27,29). The first-order chi connectivity index (χ1) is 14.9. The molecule has 0 radical (unpaired) electrons. The number of methoxy groups -OCH3 is 1. The number of aromatic amines is 1. The number of ether oxygens (including phenoxy) is 1. The Morgan fingerprint density at radius 2 is 2.06 bits per heavy atom. The summed E-state index contributed by atoms with van der Waals surface area (Å²) in [5.74, 6) is 0.879. The number of carbonyl (C=O) groups excluding carboxylic acids is 1. The normalized spacial score (nSPS) is 14.8. The van der Waals surface area contributed by atoms with Gasteiger partial charge in [-0.25, -0.2) is 0 Å². The van der Waals surface area contributed by atoms with E-state index in [1.807, 2.05) is 18.2 Å². The number of hydrogen-bond donors (Lipinski definition) is 2. The number of amides is 1. The third-order valence-corrected chi connectivity index (χ3v) is 6.02. The van der Waals surface area contributed by atoms with Gasteiger partial charge < -0.3 is 15.0 Å². The van der Waals surface area contributed by atoms with Crippen molar-refractivity contribution in [2.45, 2.75) is 52.1 Å². The number of pyridine rings is 1. The predicted molar refractivity (Wildman–Crippen MR) is 119 cm³/mol. The van der Waals surface area contributed by atoms with Crippen molar-refractivity contribution in [3.8, 4) is 11.8 Å². The van der Waals surface area contributed by atoms with Crippen molar-refractivity contribution in [2.75, 3.05) is 20.2 Å². The Labute approximate surface area is 183 Å². The molecule has 3 rings (SSSR count). The first-order valence-electron chi connectivity index (χ1n) is 10.7. The van der Waals surface area contributed by atoms with Crippen LogP contribution < -0.4 is 15.6 Å². The largest absolute Gasteiger partial charge is 0.497 e. The van der Waals surface area contributed by atoms with Gasteiger partial charge in [-0.1, -0.05) is 12.1 Å². The molecule has 0 saturated carbocycles. The Hall–Kier alpha value is -3.11. The van der Waals surface area contributed by atoms with Crippen LogP contribution in [0.5, 0.6) is 5.75 Å². The number of nitrogens with zero attached hydrogens (tertiary/aromatic N) is 2. The zero-order valence-electron chi connectivity index (χ0n) is 18.5. The maximum Gasteiger partial charge on any atom is 0.266 e. The number of nitrogens with one attached hydrogen (secondary N) is 2. The van der Waals surface area contributed by atoms with Crippen LogP contribution >= 0.6 is 0 Å². The average Bonchev–Trinajstić information content (AvgIpc) is 2.75. The van der Waals surface area contributed by atoms with E-state index in [0.717, 1.165) is 49.5 Å². The van der Waals surface area contributed by atoms with Gasteiger partial charge in [0, 0.05) is 37.8 Å². The molecule has 0 atom stereocenters. The number of aryl methyl sites for hydroxylation is 1. The fourth-order valence-electron chi connectivity index (χ4n) is 4.22. The number of likely N-dealkylation sites (tertiary alicyclic amines) is 1. The quantitative estimate of drug-likeness (QED) is 0.715. The van der Waals surface area contributed by atoms with Gasteiger partial charge >= 0.3 is 0 Å². The van der Waals surface area contributed by atoms with Crippen molar-refractivity contribution in [2.24, 2.45) is 0 Å². The lowest BCUT2D eigenvalue weighted by Gasteiger charge is -2.32. The van der Waals surface area contributed by atoms with Crippen molar-refractivity contribution in [3.05, 3.63) is 62.6 Å². The minimum absolute atomic E-state index is 0.00903. The molecule has 0 spiro atoms. The van der Waals surface area contributed by atoms with Crippen LogP contribution in [-0.2, 0) is 17.8 Å². The second kappa shape index (κ2) is 10.3. The summed E-state index contributed by atoms with van der Waals surface area (Å²) in [4.78, 5) is 29.5. The molecule has 2 heterocycles. The summed E-state index contributed by atoms with van der Waals surface area (Å²) in [5, 5.41) is 12.3. The van der Waals surface area contributed by atoms with Gasteiger partial charge in [0.15, 0.2) is 0 Å². The Bertz CT molecular complexity index is 1030. The number of hydrogen-bond acceptors (Lipinski definition) is 5. The zero-order chi connectivity index (χ0) is 22.4. The molecular weight excluding hydrogens is 392 g/mol. The van der Waals surface area contributed by atoms with E-state index >= 15 is 0 Å². The third-order valence-electron chi connectivity index (χ3n) is 6.02. The molecule has 2 aromatic rings. The van der Waals surface area contributed by atoms with Crippen LogP contribution in [0.15, 0.2) is 29.1 Å². The number of nitriles is 1. The van der Waals surface area contributed by atoms with Gasteiger partial charge in [-0.05, 0) is 61.9 Å². The summed E-state index contributed by atoms with van der Waals surface area (Å²) in [5.41, 5.74) is 3.25. The van der Waals surface area contributed by atoms with Crippen LogP contribution in [-0.4, -0.2) is 42.0 Å². The smallest absolute Gasteiger partial charge is 0.266 e. The first-order valence-corrected chi connectivity index (χ1v) is 10.7. The van der Waals surface area contributed by atoms with E-state index in [9.17, 15) is 14.9 Å². The second-order valence-electron chi connectivity index (χ2n) is 8.14. The SMILES string of the molecule is COc1cccc(CN2CCC(NC(=O)CCc3c(C)[nH]c(=O)c(C#N)c3C)CC2)c1. The Balaban J connectivity index is 1.47. The van der Waals surface area contributed by atoms with Crippen molar-refractivity contribution in [1.29, 1.82) is 5.26 Å². The number of H-pyrrole nitrogens is 1. The molecule has 1 fully saturated rings. The van der Waals surface area contributed by atoms with Crippen LogP contribution in [0.1, 0.15) is 47.2 Å². The molecule has 164 valence electrons. The van der Waals surface area contributed by atoms with Crippen molar-refractivity contribution >= 4 is 5.91 Å². The first kappa shape index (κ1) is 22.6. The number of rotatable bonds is 7. The van der Waals surface area contributed by atoms with E-state index in [2.05, 4.69) is 27.3 Å². The molecule has 0 bridgehead atoms. The summed E-state index contributed by atoms with van der Waals surface area (Å²) in [6.45, 7) is 6.33. The topological polar surface area (TPSA) is 98.2 Å². The Kier molecular flexibility index (Phi) is 7.48. The highest BCUT2D eigenvalue weighted by Crippen LogP contribution is 2.18. The predicted octanol–water partition coefficient (Wildman–Crippen LogP) is 2.59. The van der Waals surface area contributed by atoms with Crippen molar-refractivity contribution in [3.63, 3.8) is 0 Å². The number of benzene rings is 1. The molecular formula is C24H30N4O3. The summed E-state index contributed by atoms with van der Waals surface area (Å²) in [6, 6.07) is 10.3. The lowest BCUT2D eigenvalue weighted by Crippen LogP contribution is -2.44. The van der Waals surface area contributed by atoms with Crippen LogP contribution in [0.2, 0.25) is 0 Å². The molecule has 7 heteroatoms. The van der Waals surface area contributed by atoms with Crippen LogP contribution in [0.3, 0.4) is 0 Å². The summed E-state index contributed by atoms with van der Waals surface area (Å²) in [6.07, 6.45) is 2.68.